The van der Waals surface area contributed by atoms with Crippen LogP contribution in [0.25, 0.3) is 0 Å². The van der Waals surface area contributed by atoms with E-state index in [1.807, 2.05) is 0 Å². The molecule has 1 fully saturated rings. The van der Waals surface area contributed by atoms with Gasteiger partial charge in [0.2, 0.25) is 0 Å². The van der Waals surface area contributed by atoms with Gasteiger partial charge in [0.05, 0.1) is 0 Å². The van der Waals surface area contributed by atoms with Gasteiger partial charge in [-0.2, -0.15) is 0 Å². The molecule has 0 radical (unpaired) electrons. The van der Waals surface area contributed by atoms with Crippen molar-refractivity contribution in [3.8, 4) is 0 Å². The largest absolute Gasteiger partial charge is 3.00 e. The zero-order chi connectivity index (χ0) is 7.89. The topological polar surface area (TPSA) is 0 Å². The minimum absolute atomic E-state index is 0. The molecule has 0 unspecified atom stereocenters. The monoisotopic (exact) mass is 378 g/mol. The summed E-state index contributed by atoms with van der Waals surface area (Å²) in [5.41, 5.74) is 0. The zero-order valence-electron chi connectivity index (χ0n) is 11.2. The summed E-state index contributed by atoms with van der Waals surface area (Å²) in [6.45, 7) is 12.0. The summed E-state index contributed by atoms with van der Waals surface area (Å²) in [6.07, 6.45) is 0. The van der Waals surface area contributed by atoms with Gasteiger partial charge in [-0.05, 0) is 29.6 Å². The van der Waals surface area contributed by atoms with E-state index in [-0.39, 0.29) is 42.4 Å². The van der Waals surface area contributed by atoms with E-state index < -0.39 is 0 Å². The van der Waals surface area contributed by atoms with Gasteiger partial charge in [0.1, 0.15) is 0 Å². The molecule has 0 bridgehead atoms. The minimum atomic E-state index is 0. The summed E-state index contributed by atoms with van der Waals surface area (Å²) in [5, 5.41) is 0. The normalized spacial score (nSPS) is 39.6. The van der Waals surface area contributed by atoms with Crippen LogP contribution in [-0.2, 0) is 20.1 Å². The van der Waals surface area contributed by atoms with Crippen LogP contribution in [0.1, 0.15) is 34.6 Å². The first-order valence-corrected chi connectivity index (χ1v) is 4.55. The standard InChI is InChI=1S/C10H20.3CH3.Ir/c1-6-7(2)9(4)10(5)8(6)3;;;;/h6-10H,1-5H3;3*1H3;/q;3*-1;+3. The molecule has 0 aromatic heterocycles. The van der Waals surface area contributed by atoms with Crippen molar-refractivity contribution >= 4 is 0 Å². The first-order valence-electron chi connectivity index (χ1n) is 4.55. The Morgan fingerprint density at radius 2 is 0.500 bits per heavy atom. The fraction of sp³-hybridized carbons (Fsp3) is 0.769. The average Bonchev–Trinajstić information content (AvgIpc) is 2.07. The van der Waals surface area contributed by atoms with Gasteiger partial charge in [0.15, 0.2) is 0 Å². The van der Waals surface area contributed by atoms with Gasteiger partial charge in [-0.15, -0.1) is 0 Å². The maximum absolute atomic E-state index is 2.40. The van der Waals surface area contributed by atoms with Gasteiger partial charge in [0, 0.05) is 0 Å². The summed E-state index contributed by atoms with van der Waals surface area (Å²) in [7, 11) is 0. The predicted molar refractivity (Wildman–Crippen MR) is 65.1 cm³/mol. The Labute approximate surface area is 107 Å². The van der Waals surface area contributed by atoms with Crippen molar-refractivity contribution in [1.29, 1.82) is 0 Å². The molecular formula is C13H29Ir. The molecule has 0 atom stereocenters. The fourth-order valence-corrected chi connectivity index (χ4v) is 2.39. The third-order valence-corrected chi connectivity index (χ3v) is 4.15. The average molecular weight is 378 g/mol. The third kappa shape index (κ3) is 4.03. The Kier molecular flexibility index (Phi) is 15.3. The summed E-state index contributed by atoms with van der Waals surface area (Å²) in [5.74, 6) is 4.68. The molecule has 0 heterocycles. The molecule has 0 N–H and O–H groups in total. The number of hydrogen-bond donors (Lipinski definition) is 0. The Balaban J connectivity index is -0.000000125. The predicted octanol–water partition coefficient (Wildman–Crippen LogP) is 4.53. The van der Waals surface area contributed by atoms with E-state index in [9.17, 15) is 0 Å². The van der Waals surface area contributed by atoms with E-state index in [2.05, 4.69) is 34.6 Å². The van der Waals surface area contributed by atoms with E-state index in [1.165, 1.54) is 0 Å². The van der Waals surface area contributed by atoms with Crippen molar-refractivity contribution in [2.75, 3.05) is 0 Å². The van der Waals surface area contributed by atoms with Gasteiger partial charge in [-0.25, -0.2) is 0 Å². The molecule has 1 rings (SSSR count). The summed E-state index contributed by atoms with van der Waals surface area (Å²) >= 11 is 0. The first-order chi connectivity index (χ1) is 4.55. The second-order valence-electron chi connectivity index (χ2n) is 4.30. The van der Waals surface area contributed by atoms with Crippen molar-refractivity contribution in [3.63, 3.8) is 0 Å². The second kappa shape index (κ2) is 8.92. The molecule has 0 aromatic carbocycles. The maximum Gasteiger partial charge on any atom is 3.00 e. The molecule has 1 saturated carbocycles. The van der Waals surface area contributed by atoms with E-state index >= 15 is 0 Å². The van der Waals surface area contributed by atoms with Crippen molar-refractivity contribution in [2.24, 2.45) is 29.6 Å². The summed E-state index contributed by atoms with van der Waals surface area (Å²) in [4.78, 5) is 0. The van der Waals surface area contributed by atoms with E-state index in [0.717, 1.165) is 29.6 Å². The van der Waals surface area contributed by atoms with Gasteiger partial charge in [-0.3, -0.25) is 0 Å². The van der Waals surface area contributed by atoms with Crippen LogP contribution in [0.15, 0.2) is 0 Å². The van der Waals surface area contributed by atoms with Crippen molar-refractivity contribution < 1.29 is 20.1 Å². The van der Waals surface area contributed by atoms with Crippen molar-refractivity contribution in [3.05, 3.63) is 22.3 Å². The van der Waals surface area contributed by atoms with Gasteiger partial charge >= 0.3 is 20.1 Å². The maximum atomic E-state index is 2.40. The van der Waals surface area contributed by atoms with Crippen LogP contribution in [0.5, 0.6) is 0 Å². The SMILES string of the molecule is CC1C(C)C(C)C(C)C1C.[CH3-].[CH3-].[CH3-].[Ir+3]. The van der Waals surface area contributed by atoms with Crippen LogP contribution in [0.4, 0.5) is 0 Å². The first kappa shape index (κ1) is 24.1. The molecule has 0 nitrogen and oxygen atoms in total. The molecular weight excluding hydrogens is 348 g/mol. The third-order valence-electron chi connectivity index (χ3n) is 4.15. The Morgan fingerprint density at radius 1 is 0.429 bits per heavy atom. The number of rotatable bonds is 0. The summed E-state index contributed by atoms with van der Waals surface area (Å²) < 4.78 is 0. The molecule has 14 heavy (non-hydrogen) atoms. The van der Waals surface area contributed by atoms with Crippen LogP contribution in [-0.4, -0.2) is 0 Å². The van der Waals surface area contributed by atoms with Gasteiger partial charge in [0.25, 0.3) is 0 Å². The molecule has 0 spiro atoms. The van der Waals surface area contributed by atoms with Gasteiger partial charge in [-0.1, -0.05) is 34.6 Å². The Hall–Kier alpha value is 0.649. The Bertz CT molecular complexity index is 77.6. The number of hydrogen-bond acceptors (Lipinski definition) is 0. The molecule has 1 heteroatoms. The van der Waals surface area contributed by atoms with E-state index in [4.69, 9.17) is 0 Å². The van der Waals surface area contributed by atoms with E-state index in [1.54, 1.807) is 0 Å². The molecule has 1 aliphatic carbocycles. The minimum Gasteiger partial charge on any atom is -0.358 e. The van der Waals surface area contributed by atoms with Crippen molar-refractivity contribution in [2.45, 2.75) is 34.6 Å². The molecule has 1 aliphatic rings. The van der Waals surface area contributed by atoms with Crippen LogP contribution >= 0.6 is 0 Å². The smallest absolute Gasteiger partial charge is 0.358 e. The molecule has 0 saturated heterocycles. The Morgan fingerprint density at radius 3 is 0.571 bits per heavy atom. The van der Waals surface area contributed by atoms with Crippen LogP contribution in [0.3, 0.4) is 0 Å². The van der Waals surface area contributed by atoms with Crippen LogP contribution < -0.4 is 0 Å². The van der Waals surface area contributed by atoms with Crippen molar-refractivity contribution in [1.82, 2.24) is 0 Å². The van der Waals surface area contributed by atoms with Gasteiger partial charge < -0.3 is 22.3 Å². The van der Waals surface area contributed by atoms with Crippen LogP contribution in [0.2, 0.25) is 0 Å². The summed E-state index contributed by atoms with van der Waals surface area (Å²) in [6, 6.07) is 0. The molecule has 0 amide bonds. The van der Waals surface area contributed by atoms with E-state index in [0.29, 0.717) is 0 Å². The second-order valence-corrected chi connectivity index (χ2v) is 4.30. The molecule has 0 aromatic rings. The molecule has 0 aliphatic heterocycles. The van der Waals surface area contributed by atoms with Crippen LogP contribution in [0, 0.1) is 51.9 Å². The molecule has 90 valence electrons. The fourth-order valence-electron chi connectivity index (χ4n) is 2.39. The zero-order valence-corrected chi connectivity index (χ0v) is 13.6. The quantitative estimate of drug-likeness (QED) is 0.544.